The number of aromatic nitrogens is 2. The van der Waals surface area contributed by atoms with Crippen molar-refractivity contribution in [1.29, 1.82) is 0 Å². The Morgan fingerprint density at radius 2 is 1.48 bits per heavy atom. The molecule has 54 heavy (non-hydrogen) atoms. The molecule has 3 aromatic carbocycles. The average molecular weight is 774 g/mol. The fourth-order valence-corrected chi connectivity index (χ4v) is 7.52. The number of rotatable bonds is 13. The molecule has 12 nitrogen and oxygen atoms in total. The molecule has 0 aliphatic carbocycles. The number of hydrogen-bond donors (Lipinski definition) is 3. The van der Waals surface area contributed by atoms with Gasteiger partial charge in [-0.1, -0.05) is 71.7 Å². The lowest BCUT2D eigenvalue weighted by Crippen LogP contribution is -2.48. The van der Waals surface area contributed by atoms with Crippen LogP contribution in [0.3, 0.4) is 0 Å². The molecule has 3 N–H and O–H groups in total. The standard InChI is InChI=1S/C40H46Cl2N8O4/c1-27(51)48-14-16-49(17-15-48)32-12-13-35(36(21-32)54-2)46-40-45-24-34(42)39(47-40)50-25-29(19-37(52)43-22-28-8-4-3-5-9-28)18-30(26-50)20-38(53)44-23-31-10-6-7-11-33(31)41/h3-13,21,24,29-30H,14-20,22-23,25-26H2,1-2H3,(H,43,52)(H,44,53)(H,45,46,47)/t29-,30+/m0/s1. The van der Waals surface area contributed by atoms with Crippen molar-refractivity contribution in [3.8, 4) is 5.75 Å². The number of piperazine rings is 1. The van der Waals surface area contributed by atoms with Crippen molar-refractivity contribution in [1.82, 2.24) is 25.5 Å². The number of anilines is 4. The molecule has 284 valence electrons. The van der Waals surface area contributed by atoms with Crippen molar-refractivity contribution in [2.75, 3.05) is 61.5 Å². The first-order valence-electron chi connectivity index (χ1n) is 18.2. The van der Waals surface area contributed by atoms with Crippen LogP contribution in [0.4, 0.5) is 23.1 Å². The Labute approximate surface area is 326 Å². The number of ether oxygens (including phenoxy) is 1. The number of methoxy groups -OCH3 is 1. The van der Waals surface area contributed by atoms with E-state index in [0.29, 0.717) is 85.4 Å². The predicted molar refractivity (Wildman–Crippen MR) is 212 cm³/mol. The highest BCUT2D eigenvalue weighted by Crippen LogP contribution is 2.35. The van der Waals surface area contributed by atoms with Crippen LogP contribution in [0.15, 0.2) is 79.0 Å². The minimum atomic E-state index is -0.0959. The molecule has 0 radical (unpaired) electrons. The van der Waals surface area contributed by atoms with Crippen molar-refractivity contribution >= 4 is 64.1 Å². The van der Waals surface area contributed by atoms with Crippen molar-refractivity contribution in [2.24, 2.45) is 11.8 Å². The second-order valence-corrected chi connectivity index (χ2v) is 14.6. The summed E-state index contributed by atoms with van der Waals surface area (Å²) in [5.74, 6) is 1.28. The topological polar surface area (TPSA) is 132 Å². The molecule has 3 amide bonds. The normalized spacial score (nSPS) is 17.1. The second kappa shape index (κ2) is 18.3. The fourth-order valence-electron chi connectivity index (χ4n) is 7.11. The summed E-state index contributed by atoms with van der Waals surface area (Å²) in [7, 11) is 1.61. The molecule has 4 aromatic rings. The molecule has 2 fully saturated rings. The highest BCUT2D eigenvalue weighted by atomic mass is 35.5. The van der Waals surface area contributed by atoms with Gasteiger partial charge in [-0.2, -0.15) is 4.98 Å². The number of amides is 3. The summed E-state index contributed by atoms with van der Waals surface area (Å²) in [6.07, 6.45) is 2.81. The SMILES string of the molecule is COc1cc(N2CCN(C(C)=O)CC2)ccc1Nc1ncc(Cl)c(N2C[C@H](CC(=O)NCc3ccccc3)C[C@H](CC(=O)NCc3ccccc3Cl)C2)n1. The van der Waals surface area contributed by atoms with Gasteiger partial charge >= 0.3 is 0 Å². The lowest BCUT2D eigenvalue weighted by Gasteiger charge is -2.38. The summed E-state index contributed by atoms with van der Waals surface area (Å²) < 4.78 is 5.75. The summed E-state index contributed by atoms with van der Waals surface area (Å²) >= 11 is 13.1. The van der Waals surface area contributed by atoms with Gasteiger partial charge in [-0.05, 0) is 47.6 Å². The van der Waals surface area contributed by atoms with Crippen molar-refractivity contribution in [2.45, 2.75) is 39.3 Å². The van der Waals surface area contributed by atoms with E-state index in [1.54, 1.807) is 26.3 Å². The highest BCUT2D eigenvalue weighted by Gasteiger charge is 2.32. The van der Waals surface area contributed by atoms with Gasteiger partial charge in [-0.15, -0.1) is 0 Å². The first-order chi connectivity index (χ1) is 26.1. The Morgan fingerprint density at radius 1 is 0.815 bits per heavy atom. The molecular weight excluding hydrogens is 727 g/mol. The van der Waals surface area contributed by atoms with Crippen molar-refractivity contribution in [3.05, 3.63) is 100 Å². The van der Waals surface area contributed by atoms with Gasteiger partial charge in [0.15, 0.2) is 5.82 Å². The van der Waals surface area contributed by atoms with E-state index in [1.165, 1.54) is 0 Å². The van der Waals surface area contributed by atoms with Crippen LogP contribution in [0.25, 0.3) is 0 Å². The third-order valence-corrected chi connectivity index (χ3v) is 10.5. The van der Waals surface area contributed by atoms with E-state index in [1.807, 2.05) is 71.6 Å². The van der Waals surface area contributed by atoms with Crippen molar-refractivity contribution < 1.29 is 19.1 Å². The number of hydrogen-bond acceptors (Lipinski definition) is 9. The van der Waals surface area contributed by atoms with E-state index in [2.05, 4.69) is 30.7 Å². The quantitative estimate of drug-likeness (QED) is 0.149. The van der Waals surface area contributed by atoms with E-state index in [0.717, 1.165) is 29.9 Å². The van der Waals surface area contributed by atoms with Crippen LogP contribution in [0.2, 0.25) is 10.0 Å². The van der Waals surface area contributed by atoms with Gasteiger partial charge in [-0.3, -0.25) is 14.4 Å². The minimum absolute atomic E-state index is 0.0525. The molecule has 6 rings (SSSR count). The van der Waals surface area contributed by atoms with Gasteiger partial charge in [0.25, 0.3) is 0 Å². The molecule has 2 saturated heterocycles. The predicted octanol–water partition coefficient (Wildman–Crippen LogP) is 6.06. The Hall–Kier alpha value is -5.07. The van der Waals surface area contributed by atoms with Gasteiger partial charge in [0.2, 0.25) is 23.7 Å². The molecule has 2 aliphatic rings. The largest absolute Gasteiger partial charge is 0.494 e. The van der Waals surface area contributed by atoms with Crippen LogP contribution >= 0.6 is 23.2 Å². The Kier molecular flexibility index (Phi) is 13.1. The smallest absolute Gasteiger partial charge is 0.229 e. The van der Waals surface area contributed by atoms with E-state index in [9.17, 15) is 14.4 Å². The lowest BCUT2D eigenvalue weighted by molar-refractivity contribution is -0.129. The third-order valence-electron chi connectivity index (χ3n) is 9.89. The van der Waals surface area contributed by atoms with Gasteiger partial charge in [-0.25, -0.2) is 4.98 Å². The number of carbonyl (C=O) groups excluding carboxylic acids is 3. The first kappa shape index (κ1) is 38.6. The number of piperidine rings is 1. The first-order valence-corrected chi connectivity index (χ1v) is 18.9. The molecule has 0 bridgehead atoms. The average Bonchev–Trinajstić information content (AvgIpc) is 3.18. The van der Waals surface area contributed by atoms with Gasteiger partial charge in [0.1, 0.15) is 10.8 Å². The van der Waals surface area contributed by atoms with Gasteiger partial charge in [0.05, 0.1) is 19.0 Å². The number of nitrogens with one attached hydrogen (secondary N) is 3. The summed E-state index contributed by atoms with van der Waals surface area (Å²) in [5.41, 5.74) is 3.54. The Balaban J connectivity index is 1.16. The Morgan fingerprint density at radius 3 is 2.15 bits per heavy atom. The number of benzene rings is 3. The molecule has 0 unspecified atom stereocenters. The van der Waals surface area contributed by atoms with E-state index >= 15 is 0 Å². The van der Waals surface area contributed by atoms with Gasteiger partial charge in [0, 0.05) is 88.9 Å². The molecule has 1 aromatic heterocycles. The Bertz CT molecular complexity index is 1930. The monoisotopic (exact) mass is 772 g/mol. The summed E-state index contributed by atoms with van der Waals surface area (Å²) in [5, 5.41) is 10.3. The van der Waals surface area contributed by atoms with E-state index in [4.69, 9.17) is 32.9 Å². The van der Waals surface area contributed by atoms with Crippen LogP contribution in [-0.2, 0) is 27.5 Å². The lowest BCUT2D eigenvalue weighted by atomic mass is 9.85. The van der Waals surface area contributed by atoms with Crippen LogP contribution < -0.4 is 30.5 Å². The maximum absolute atomic E-state index is 13.2. The summed E-state index contributed by atoms with van der Waals surface area (Å²) in [6.45, 7) is 6.22. The molecule has 0 saturated carbocycles. The third kappa shape index (κ3) is 10.3. The number of nitrogens with zero attached hydrogens (tertiary/aromatic N) is 5. The molecule has 3 heterocycles. The van der Waals surface area contributed by atoms with Crippen LogP contribution in [0.1, 0.15) is 37.3 Å². The molecular formula is C40H46Cl2N8O4. The maximum atomic E-state index is 13.2. The summed E-state index contributed by atoms with van der Waals surface area (Å²) in [4.78, 5) is 53.7. The molecule has 0 spiro atoms. The maximum Gasteiger partial charge on any atom is 0.229 e. The number of halogens is 2. The van der Waals surface area contributed by atoms with Crippen LogP contribution in [0.5, 0.6) is 5.75 Å². The van der Waals surface area contributed by atoms with E-state index < -0.39 is 0 Å². The van der Waals surface area contributed by atoms with Crippen LogP contribution in [-0.4, -0.2) is 79.0 Å². The second-order valence-electron chi connectivity index (χ2n) is 13.8. The highest BCUT2D eigenvalue weighted by molar-refractivity contribution is 6.32. The zero-order chi connectivity index (χ0) is 38.0. The summed E-state index contributed by atoms with van der Waals surface area (Å²) in [6, 6.07) is 23.1. The molecule has 2 atom stereocenters. The zero-order valence-corrected chi connectivity index (χ0v) is 32.1. The number of carbonyl (C=O) groups is 3. The van der Waals surface area contributed by atoms with Crippen LogP contribution in [0, 0.1) is 11.8 Å². The fraction of sp³-hybridized carbons (Fsp3) is 0.375. The van der Waals surface area contributed by atoms with Gasteiger partial charge < -0.3 is 35.4 Å². The molecule has 2 aliphatic heterocycles. The van der Waals surface area contributed by atoms with Crippen molar-refractivity contribution in [3.63, 3.8) is 0 Å². The zero-order valence-electron chi connectivity index (χ0n) is 30.6. The van der Waals surface area contributed by atoms with E-state index in [-0.39, 0.29) is 36.0 Å². The minimum Gasteiger partial charge on any atom is -0.494 e. The molecule has 14 heteroatoms.